The highest BCUT2D eigenvalue weighted by atomic mass is 35.5. The second-order valence-corrected chi connectivity index (χ2v) is 7.74. The smallest absolute Gasteiger partial charge is 0.253 e. The van der Waals surface area contributed by atoms with Crippen molar-refractivity contribution in [1.82, 2.24) is 35.0 Å². The molecule has 1 unspecified atom stereocenters. The van der Waals surface area contributed by atoms with Gasteiger partial charge in [-0.25, -0.2) is 15.0 Å². The molecule has 3 aromatic heterocycles. The van der Waals surface area contributed by atoms with Gasteiger partial charge in [-0.1, -0.05) is 23.7 Å². The van der Waals surface area contributed by atoms with Crippen LogP contribution in [0, 0.1) is 0 Å². The summed E-state index contributed by atoms with van der Waals surface area (Å²) in [5, 5.41) is 7.91. The number of hydrogen-bond acceptors (Lipinski definition) is 6. The number of rotatable bonds is 6. The number of carbonyl (C=O) groups is 1. The summed E-state index contributed by atoms with van der Waals surface area (Å²) in [6.07, 6.45) is 7.97. The molecule has 0 saturated carbocycles. The second-order valence-electron chi connectivity index (χ2n) is 6.48. The Morgan fingerprint density at radius 3 is 2.60 bits per heavy atom. The Morgan fingerprint density at radius 1 is 1.10 bits per heavy atom. The number of nitrogens with one attached hydrogen (secondary N) is 1. The maximum absolute atomic E-state index is 12.9. The van der Waals surface area contributed by atoms with Crippen LogP contribution in [0.3, 0.4) is 0 Å². The Hall–Kier alpha value is -3.43. The van der Waals surface area contributed by atoms with E-state index in [-0.39, 0.29) is 11.9 Å². The highest BCUT2D eigenvalue weighted by Crippen LogP contribution is 2.22. The molecule has 0 fully saturated rings. The number of carbonyl (C=O) groups excluding carboxylic acids is 1. The van der Waals surface area contributed by atoms with Gasteiger partial charge in [0.25, 0.3) is 11.9 Å². The van der Waals surface area contributed by atoms with Gasteiger partial charge in [-0.15, -0.1) is 0 Å². The first-order chi connectivity index (χ1) is 14.7. The molecule has 1 atom stereocenters. The summed E-state index contributed by atoms with van der Waals surface area (Å²) in [5.41, 5.74) is 2.23. The van der Waals surface area contributed by atoms with E-state index in [1.807, 2.05) is 12.1 Å². The molecule has 0 aliphatic rings. The van der Waals surface area contributed by atoms with Gasteiger partial charge in [0.15, 0.2) is 5.82 Å². The van der Waals surface area contributed by atoms with Crippen LogP contribution in [0.4, 0.5) is 0 Å². The molecule has 4 aromatic rings. The number of benzene rings is 1. The molecule has 0 saturated heterocycles. The number of nitrogens with zero attached hydrogens (tertiary/aromatic N) is 6. The maximum Gasteiger partial charge on any atom is 0.253 e. The summed E-state index contributed by atoms with van der Waals surface area (Å²) in [6.45, 7) is 0. The molecule has 0 aliphatic carbocycles. The third kappa shape index (κ3) is 4.26. The van der Waals surface area contributed by atoms with Crippen LogP contribution in [0.25, 0.3) is 17.1 Å². The molecule has 8 nitrogen and oxygen atoms in total. The van der Waals surface area contributed by atoms with Crippen molar-refractivity contribution >= 4 is 27.8 Å². The van der Waals surface area contributed by atoms with Gasteiger partial charge in [-0.05, 0) is 35.9 Å². The quantitative estimate of drug-likeness (QED) is 0.465. The molecule has 1 amide bonds. The lowest BCUT2D eigenvalue weighted by Gasteiger charge is -2.17. The maximum atomic E-state index is 12.9. The van der Waals surface area contributed by atoms with E-state index in [1.54, 1.807) is 53.7 Å². The van der Waals surface area contributed by atoms with Crippen molar-refractivity contribution in [2.75, 3.05) is 0 Å². The van der Waals surface area contributed by atoms with Crippen LogP contribution in [0.2, 0.25) is 11.1 Å². The van der Waals surface area contributed by atoms with Gasteiger partial charge >= 0.3 is 0 Å². The van der Waals surface area contributed by atoms with Crippen molar-refractivity contribution in [3.63, 3.8) is 0 Å². The van der Waals surface area contributed by atoms with Gasteiger partial charge in [-0.2, -0.15) is 9.78 Å². The van der Waals surface area contributed by atoms with Gasteiger partial charge in [-0.3, -0.25) is 9.78 Å². The SMILES string of the molecule is O=C(NC(C[SiH3])c1ncnn1-c1ncccn1)c1cncc(-c2ccc(Cl)cc2)c1. The van der Waals surface area contributed by atoms with Crippen LogP contribution in [0.1, 0.15) is 22.2 Å². The minimum absolute atomic E-state index is 0.234. The molecule has 0 spiro atoms. The van der Waals surface area contributed by atoms with Crippen LogP contribution in [0.15, 0.2) is 67.5 Å². The minimum atomic E-state index is -0.310. The molecule has 4 rings (SSSR count). The van der Waals surface area contributed by atoms with E-state index in [0.29, 0.717) is 22.4 Å². The fourth-order valence-corrected chi connectivity index (χ4v) is 3.69. The lowest BCUT2D eigenvalue weighted by molar-refractivity contribution is 0.0937. The van der Waals surface area contributed by atoms with Crippen LogP contribution < -0.4 is 5.32 Å². The largest absolute Gasteiger partial charge is 0.342 e. The van der Waals surface area contributed by atoms with Gasteiger partial charge in [0.05, 0.1) is 11.6 Å². The van der Waals surface area contributed by atoms with Gasteiger partial charge in [0.2, 0.25) is 0 Å². The Bertz CT molecular complexity index is 1150. The lowest BCUT2D eigenvalue weighted by Crippen LogP contribution is -2.30. The molecule has 3 heterocycles. The Balaban J connectivity index is 1.57. The van der Waals surface area contributed by atoms with E-state index in [2.05, 4.69) is 30.4 Å². The number of aromatic nitrogens is 6. The normalized spacial score (nSPS) is 11.9. The van der Waals surface area contributed by atoms with Crippen molar-refractivity contribution in [3.8, 4) is 17.1 Å². The Labute approximate surface area is 180 Å². The molecule has 1 N–H and O–H groups in total. The third-order valence-electron chi connectivity index (χ3n) is 4.52. The summed E-state index contributed by atoms with van der Waals surface area (Å²) >= 11 is 5.96. The summed E-state index contributed by atoms with van der Waals surface area (Å²) in [6, 6.07) is 11.4. The zero-order chi connectivity index (χ0) is 20.9. The average molecular weight is 436 g/mol. The first kappa shape index (κ1) is 19.9. The van der Waals surface area contributed by atoms with E-state index in [9.17, 15) is 4.79 Å². The number of pyridine rings is 1. The van der Waals surface area contributed by atoms with E-state index in [4.69, 9.17) is 11.6 Å². The second kappa shape index (κ2) is 8.93. The summed E-state index contributed by atoms with van der Waals surface area (Å²) in [5.74, 6) is 0.764. The Kier molecular flexibility index (Phi) is 5.91. The fourth-order valence-electron chi connectivity index (χ4n) is 3.00. The molecule has 0 radical (unpaired) electrons. The van der Waals surface area contributed by atoms with Gasteiger partial charge in [0, 0.05) is 45.6 Å². The topological polar surface area (TPSA) is 98.5 Å². The fraction of sp³-hybridized carbons (Fsp3) is 0.100. The van der Waals surface area contributed by atoms with E-state index in [1.165, 1.54) is 6.33 Å². The first-order valence-corrected chi connectivity index (χ1v) is 11.1. The molecule has 0 bridgehead atoms. The van der Waals surface area contributed by atoms with Crippen LogP contribution >= 0.6 is 11.6 Å². The summed E-state index contributed by atoms with van der Waals surface area (Å²) in [4.78, 5) is 29.9. The van der Waals surface area contributed by atoms with Crippen molar-refractivity contribution in [3.05, 3.63) is 83.9 Å². The first-order valence-electron chi connectivity index (χ1n) is 9.35. The standard InChI is InChI=1S/C20H18ClN7OSi/c21-16-4-2-13(3-5-16)14-8-15(10-22-9-14)19(29)27-17(11-30)18-25-12-26-28(18)20-23-6-1-7-24-20/h1-10,12,17H,11H2,30H3,(H,27,29). The lowest BCUT2D eigenvalue weighted by atomic mass is 10.1. The Morgan fingerprint density at radius 2 is 1.87 bits per heavy atom. The van der Waals surface area contributed by atoms with E-state index >= 15 is 0 Å². The van der Waals surface area contributed by atoms with Gasteiger partial charge in [0.1, 0.15) is 6.33 Å². The van der Waals surface area contributed by atoms with Crippen LogP contribution in [0.5, 0.6) is 0 Å². The van der Waals surface area contributed by atoms with E-state index in [0.717, 1.165) is 27.4 Å². The van der Waals surface area contributed by atoms with Crippen molar-refractivity contribution in [2.24, 2.45) is 0 Å². The van der Waals surface area contributed by atoms with Crippen LogP contribution in [-0.2, 0) is 0 Å². The van der Waals surface area contributed by atoms with Crippen LogP contribution in [-0.4, -0.2) is 45.9 Å². The average Bonchev–Trinajstić information content (AvgIpc) is 3.28. The zero-order valence-electron chi connectivity index (χ0n) is 16.1. The van der Waals surface area contributed by atoms with Crippen molar-refractivity contribution in [1.29, 1.82) is 0 Å². The number of halogens is 1. The molecular weight excluding hydrogens is 418 g/mol. The highest BCUT2D eigenvalue weighted by molar-refractivity contribution is 6.30. The molecular formula is C20H18ClN7OSi. The summed E-state index contributed by atoms with van der Waals surface area (Å²) in [7, 11) is 0.859. The molecule has 150 valence electrons. The highest BCUT2D eigenvalue weighted by Gasteiger charge is 2.21. The third-order valence-corrected chi connectivity index (χ3v) is 5.59. The zero-order valence-corrected chi connectivity index (χ0v) is 18.9. The minimum Gasteiger partial charge on any atom is -0.342 e. The molecule has 0 aliphatic heterocycles. The molecule has 1 aromatic carbocycles. The summed E-state index contributed by atoms with van der Waals surface area (Å²) < 4.78 is 1.55. The monoisotopic (exact) mass is 435 g/mol. The number of hydrogen-bond donors (Lipinski definition) is 1. The predicted octanol–water partition coefficient (Wildman–Crippen LogP) is 2.03. The predicted molar refractivity (Wildman–Crippen MR) is 117 cm³/mol. The molecule has 30 heavy (non-hydrogen) atoms. The van der Waals surface area contributed by atoms with Crippen molar-refractivity contribution in [2.45, 2.75) is 12.1 Å². The van der Waals surface area contributed by atoms with Gasteiger partial charge < -0.3 is 5.32 Å². The van der Waals surface area contributed by atoms with E-state index < -0.39 is 0 Å². The number of amides is 1. The molecule has 10 heteroatoms. The van der Waals surface area contributed by atoms with Crippen molar-refractivity contribution < 1.29 is 4.79 Å².